The number of fused-ring (bicyclic) bond motifs is 4. The Bertz CT molecular complexity index is 1120. The molecule has 5 unspecified atom stereocenters. The Labute approximate surface area is 228 Å². The van der Waals surface area contributed by atoms with Gasteiger partial charge in [0.05, 0.1) is 5.60 Å². The number of nitrogens with one attached hydrogen (secondary N) is 2. The number of ketones is 1. The number of aliphatic hydroxyl groups is 1. The lowest BCUT2D eigenvalue weighted by atomic mass is 9.50. The Kier molecular flexibility index (Phi) is 7.61. The Hall–Kier alpha value is -2.40. The fraction of sp³-hybridized carbons (Fsp3) is 0.636. The van der Waals surface area contributed by atoms with Gasteiger partial charge in [0, 0.05) is 36.8 Å². The molecule has 6 atom stereocenters. The first-order valence-corrected chi connectivity index (χ1v) is 14.9. The zero-order valence-corrected chi connectivity index (χ0v) is 23.7. The molecule has 0 bridgehead atoms. The fourth-order valence-corrected chi connectivity index (χ4v) is 8.55. The summed E-state index contributed by atoms with van der Waals surface area (Å²) in [5.41, 5.74) is 5.01. The summed E-state index contributed by atoms with van der Waals surface area (Å²) in [6, 6.07) is 8.87. The highest BCUT2D eigenvalue weighted by atomic mass is 16.3. The highest BCUT2D eigenvalue weighted by Crippen LogP contribution is 2.67. The van der Waals surface area contributed by atoms with Gasteiger partial charge in [0.25, 0.3) is 0 Å². The number of carbonyl (C=O) groups is 2. The number of hydrogen-bond donors (Lipinski definition) is 3. The molecule has 0 aliphatic heterocycles. The zero-order valence-electron chi connectivity index (χ0n) is 23.7. The van der Waals surface area contributed by atoms with Crippen molar-refractivity contribution in [2.75, 3.05) is 6.54 Å². The molecule has 38 heavy (non-hydrogen) atoms. The van der Waals surface area contributed by atoms with Crippen LogP contribution >= 0.6 is 0 Å². The molecule has 0 saturated heterocycles. The lowest BCUT2D eigenvalue weighted by molar-refractivity contribution is -0.121. The minimum absolute atomic E-state index is 0.0841. The molecule has 0 aromatic heterocycles. The van der Waals surface area contributed by atoms with Crippen molar-refractivity contribution < 1.29 is 14.7 Å². The van der Waals surface area contributed by atoms with Crippen LogP contribution < -0.4 is 10.6 Å². The molecular formula is C33H46N2O3. The summed E-state index contributed by atoms with van der Waals surface area (Å²) in [7, 11) is 0. The molecule has 4 aliphatic carbocycles. The lowest BCUT2D eigenvalue weighted by Gasteiger charge is -2.55. The largest absolute Gasteiger partial charge is 0.389 e. The topological polar surface area (TPSA) is 78.4 Å². The van der Waals surface area contributed by atoms with E-state index in [-0.39, 0.29) is 17.5 Å². The molecule has 3 fully saturated rings. The van der Waals surface area contributed by atoms with Crippen LogP contribution in [-0.2, 0) is 4.79 Å². The number of Topliss-reactive ketones (excluding diaryl/α,β-unsaturated/α-hetero) is 1. The van der Waals surface area contributed by atoms with Crippen LogP contribution in [0.2, 0.25) is 0 Å². The van der Waals surface area contributed by atoms with E-state index in [4.69, 9.17) is 0 Å². The molecule has 2 amide bonds. The number of hydrogen-bond acceptors (Lipinski definition) is 3. The first-order chi connectivity index (χ1) is 18.1. The van der Waals surface area contributed by atoms with Gasteiger partial charge in [-0.2, -0.15) is 0 Å². The van der Waals surface area contributed by atoms with E-state index in [1.807, 2.05) is 19.9 Å². The Balaban J connectivity index is 1.42. The number of rotatable bonds is 6. The van der Waals surface area contributed by atoms with E-state index in [0.717, 1.165) is 56.9 Å². The van der Waals surface area contributed by atoms with Gasteiger partial charge < -0.3 is 15.7 Å². The monoisotopic (exact) mass is 518 g/mol. The van der Waals surface area contributed by atoms with Gasteiger partial charge in [-0.25, -0.2) is 4.79 Å². The quantitative estimate of drug-likeness (QED) is 0.375. The SMILES string of the molecule is CCC1(O)CCC2C3CCC4CC(=O)CCC4=C3[C@@H](c3ccc(/C=C/CNC(=O)NC(C)C)cc3)CC21C. The average molecular weight is 519 g/mol. The number of benzene rings is 1. The molecule has 3 saturated carbocycles. The number of carbonyl (C=O) groups excluding carboxylic acids is 2. The van der Waals surface area contributed by atoms with Gasteiger partial charge in [-0.3, -0.25) is 4.79 Å². The molecule has 4 aliphatic rings. The van der Waals surface area contributed by atoms with E-state index >= 15 is 0 Å². The molecule has 5 heteroatoms. The maximum atomic E-state index is 12.3. The Morgan fingerprint density at radius 1 is 1.16 bits per heavy atom. The fourth-order valence-electron chi connectivity index (χ4n) is 8.55. The van der Waals surface area contributed by atoms with Gasteiger partial charge >= 0.3 is 6.03 Å². The molecule has 3 N–H and O–H groups in total. The number of amides is 2. The average Bonchev–Trinajstić information content (AvgIpc) is 3.16. The summed E-state index contributed by atoms with van der Waals surface area (Å²) in [4.78, 5) is 24.1. The first-order valence-electron chi connectivity index (χ1n) is 14.9. The molecule has 5 nitrogen and oxygen atoms in total. The van der Waals surface area contributed by atoms with E-state index in [1.165, 1.54) is 5.56 Å². The van der Waals surface area contributed by atoms with Gasteiger partial charge in [-0.15, -0.1) is 0 Å². The normalized spacial score (nSPS) is 34.7. The second kappa shape index (κ2) is 10.6. The standard InChI is InChI=1S/C33H46N2O3/c1-5-33(38)17-16-29-27-14-12-24-19-25(36)13-15-26(24)30(27)28(20-32(29,33)4)23-10-8-22(9-11-23)7-6-18-34-31(37)35-21(2)3/h6-11,21,24,27-29,38H,5,12-20H2,1-4H3,(H2,34,35,37)/b7-6+/t24?,27?,28-,29?,32?,33?/m1/s1. The van der Waals surface area contributed by atoms with Crippen molar-refractivity contribution in [1.82, 2.24) is 10.6 Å². The number of allylic oxidation sites excluding steroid dienone is 2. The molecule has 206 valence electrons. The van der Waals surface area contributed by atoms with Crippen LogP contribution in [0.4, 0.5) is 4.79 Å². The molecule has 1 aromatic carbocycles. The second-order valence-electron chi connectivity index (χ2n) is 12.9. The summed E-state index contributed by atoms with van der Waals surface area (Å²) in [5, 5.41) is 17.5. The molecule has 5 rings (SSSR count). The maximum absolute atomic E-state index is 12.3. The van der Waals surface area contributed by atoms with Crippen LogP contribution in [0.3, 0.4) is 0 Å². The highest BCUT2D eigenvalue weighted by molar-refractivity contribution is 5.81. The van der Waals surface area contributed by atoms with Gasteiger partial charge in [0.15, 0.2) is 0 Å². The van der Waals surface area contributed by atoms with Crippen molar-refractivity contribution in [3.8, 4) is 0 Å². The third-order valence-electron chi connectivity index (χ3n) is 10.5. The van der Waals surface area contributed by atoms with E-state index < -0.39 is 5.60 Å². The molecule has 0 heterocycles. The van der Waals surface area contributed by atoms with E-state index in [1.54, 1.807) is 11.1 Å². The van der Waals surface area contributed by atoms with Crippen molar-refractivity contribution >= 4 is 17.9 Å². The minimum Gasteiger partial charge on any atom is -0.389 e. The van der Waals surface area contributed by atoms with Crippen molar-refractivity contribution in [2.24, 2.45) is 23.2 Å². The molecule has 1 aromatic rings. The van der Waals surface area contributed by atoms with Gasteiger partial charge in [-0.1, -0.05) is 61.4 Å². The highest BCUT2D eigenvalue weighted by Gasteiger charge is 2.62. The van der Waals surface area contributed by atoms with E-state index in [2.05, 4.69) is 54.8 Å². The van der Waals surface area contributed by atoms with Crippen molar-refractivity contribution in [2.45, 2.75) is 103 Å². The summed E-state index contributed by atoms with van der Waals surface area (Å²) in [5.74, 6) is 2.24. The minimum atomic E-state index is -0.594. The van der Waals surface area contributed by atoms with Crippen LogP contribution in [0.5, 0.6) is 0 Å². The van der Waals surface area contributed by atoms with Gasteiger partial charge in [0.2, 0.25) is 0 Å². The molecular weight excluding hydrogens is 472 g/mol. The molecule has 0 spiro atoms. The van der Waals surface area contributed by atoms with Crippen LogP contribution in [0.25, 0.3) is 6.08 Å². The zero-order chi connectivity index (χ0) is 27.1. The Morgan fingerprint density at radius 3 is 2.63 bits per heavy atom. The summed E-state index contributed by atoms with van der Waals surface area (Å²) < 4.78 is 0. The second-order valence-corrected chi connectivity index (χ2v) is 12.9. The maximum Gasteiger partial charge on any atom is 0.315 e. The lowest BCUT2D eigenvalue weighted by Crippen LogP contribution is -2.51. The van der Waals surface area contributed by atoms with Crippen molar-refractivity contribution in [3.05, 3.63) is 52.6 Å². The smallest absolute Gasteiger partial charge is 0.315 e. The third kappa shape index (κ3) is 4.87. The number of urea groups is 1. The first kappa shape index (κ1) is 27.2. The van der Waals surface area contributed by atoms with E-state index in [0.29, 0.717) is 42.4 Å². The summed E-state index contributed by atoms with van der Waals surface area (Å²) >= 11 is 0. The van der Waals surface area contributed by atoms with Crippen LogP contribution in [0.1, 0.15) is 103 Å². The van der Waals surface area contributed by atoms with E-state index in [9.17, 15) is 14.7 Å². The van der Waals surface area contributed by atoms with Crippen molar-refractivity contribution in [3.63, 3.8) is 0 Å². The summed E-state index contributed by atoms with van der Waals surface area (Å²) in [6.07, 6.45) is 12.5. The predicted octanol–water partition coefficient (Wildman–Crippen LogP) is 6.53. The van der Waals surface area contributed by atoms with Crippen LogP contribution in [-0.4, -0.2) is 35.1 Å². The Morgan fingerprint density at radius 2 is 1.92 bits per heavy atom. The van der Waals surface area contributed by atoms with Crippen LogP contribution in [0.15, 0.2) is 41.5 Å². The van der Waals surface area contributed by atoms with Crippen molar-refractivity contribution in [1.29, 1.82) is 0 Å². The molecule has 0 radical (unpaired) electrons. The van der Waals surface area contributed by atoms with Gasteiger partial charge in [-0.05, 0) is 87.7 Å². The third-order valence-corrected chi connectivity index (χ3v) is 10.5. The van der Waals surface area contributed by atoms with Crippen LogP contribution in [0, 0.1) is 23.2 Å². The summed E-state index contributed by atoms with van der Waals surface area (Å²) in [6.45, 7) is 8.90. The van der Waals surface area contributed by atoms with Gasteiger partial charge in [0.1, 0.15) is 5.78 Å². The predicted molar refractivity (Wildman–Crippen MR) is 153 cm³/mol.